The summed E-state index contributed by atoms with van der Waals surface area (Å²) in [4.78, 5) is 16.7. The van der Waals surface area contributed by atoms with Crippen LogP contribution < -0.4 is 11.3 Å². The number of fused-ring (bicyclic) bond motifs is 1. The summed E-state index contributed by atoms with van der Waals surface area (Å²) in [5.41, 5.74) is 9.03. The van der Waals surface area contributed by atoms with Crippen LogP contribution in [0.5, 0.6) is 0 Å². The largest absolute Gasteiger partial charge is 0.398 e. The fraction of sp³-hybridized carbons (Fsp3) is 0.125. The maximum Gasteiger partial charge on any atom is 0.264 e. The Morgan fingerprint density at radius 3 is 2.50 bits per heavy atom. The predicted molar refractivity (Wildman–Crippen MR) is 122 cm³/mol. The van der Waals surface area contributed by atoms with Gasteiger partial charge in [0.1, 0.15) is 6.07 Å². The summed E-state index contributed by atoms with van der Waals surface area (Å²) < 4.78 is 1.74. The zero-order valence-corrected chi connectivity index (χ0v) is 17.5. The molecule has 2 N–H and O–H groups in total. The van der Waals surface area contributed by atoms with E-state index in [4.69, 9.17) is 22.6 Å². The number of benzene rings is 2. The SMILES string of the molecule is CCc1cc2cccc(Cl)c2c(=O)n1-c1ccccc1.Cc1cc(N)c(C#N)cn1. The lowest BCUT2D eigenvalue weighted by Crippen LogP contribution is -2.22. The maximum atomic E-state index is 12.8. The summed E-state index contributed by atoms with van der Waals surface area (Å²) in [6, 6.07) is 20.9. The summed E-state index contributed by atoms with van der Waals surface area (Å²) in [7, 11) is 0. The summed E-state index contributed by atoms with van der Waals surface area (Å²) in [6.45, 7) is 3.88. The molecule has 0 saturated carbocycles. The van der Waals surface area contributed by atoms with Crippen LogP contribution in [0.4, 0.5) is 5.69 Å². The van der Waals surface area contributed by atoms with Gasteiger partial charge in [-0.1, -0.05) is 48.9 Å². The van der Waals surface area contributed by atoms with E-state index in [2.05, 4.69) is 4.98 Å². The molecule has 5 nitrogen and oxygen atoms in total. The highest BCUT2D eigenvalue weighted by molar-refractivity contribution is 6.35. The molecule has 0 radical (unpaired) electrons. The second-order valence-corrected chi connectivity index (χ2v) is 7.10. The third kappa shape index (κ3) is 4.35. The van der Waals surface area contributed by atoms with Gasteiger partial charge in [-0.05, 0) is 49.1 Å². The van der Waals surface area contributed by atoms with E-state index < -0.39 is 0 Å². The quantitative estimate of drug-likeness (QED) is 0.495. The van der Waals surface area contributed by atoms with E-state index in [1.807, 2.05) is 68.4 Å². The van der Waals surface area contributed by atoms with Crippen molar-refractivity contribution in [2.45, 2.75) is 20.3 Å². The van der Waals surface area contributed by atoms with Gasteiger partial charge in [-0.15, -0.1) is 0 Å². The monoisotopic (exact) mass is 416 g/mol. The molecule has 6 heteroatoms. The smallest absolute Gasteiger partial charge is 0.264 e. The normalized spacial score (nSPS) is 10.2. The number of para-hydroxylation sites is 1. The van der Waals surface area contributed by atoms with Crippen LogP contribution in [0.15, 0.2) is 71.7 Å². The van der Waals surface area contributed by atoms with Gasteiger partial charge in [0, 0.05) is 23.3 Å². The van der Waals surface area contributed by atoms with Crippen LogP contribution in [0.25, 0.3) is 16.5 Å². The average Bonchev–Trinajstić information content (AvgIpc) is 2.74. The molecule has 0 bridgehead atoms. The van der Waals surface area contributed by atoms with Crippen molar-refractivity contribution in [1.82, 2.24) is 9.55 Å². The van der Waals surface area contributed by atoms with E-state index in [1.54, 1.807) is 16.7 Å². The third-order valence-electron chi connectivity index (χ3n) is 4.64. The molecule has 0 aliphatic carbocycles. The van der Waals surface area contributed by atoms with Crippen molar-refractivity contribution in [2.75, 3.05) is 5.73 Å². The van der Waals surface area contributed by atoms with Crippen LogP contribution >= 0.6 is 11.6 Å². The number of anilines is 1. The molecular formula is C24H21ClN4O. The number of nitrogens with two attached hydrogens (primary N) is 1. The van der Waals surface area contributed by atoms with Gasteiger partial charge in [0.2, 0.25) is 0 Å². The minimum atomic E-state index is -0.0591. The predicted octanol–water partition coefficient (Wildman–Crippen LogP) is 5.05. The molecule has 0 fully saturated rings. The number of hydrogen-bond acceptors (Lipinski definition) is 4. The van der Waals surface area contributed by atoms with E-state index in [0.29, 0.717) is 21.7 Å². The number of rotatable bonds is 2. The first kappa shape index (κ1) is 21.1. The topological polar surface area (TPSA) is 84.7 Å². The third-order valence-corrected chi connectivity index (χ3v) is 4.96. The molecule has 4 rings (SSSR count). The molecule has 0 amide bonds. The lowest BCUT2D eigenvalue weighted by Gasteiger charge is -2.14. The Hall–Kier alpha value is -3.62. The number of pyridine rings is 2. The standard InChI is InChI=1S/C17H14ClNO.C7H7N3/c1-2-13-11-12-7-6-10-15(18)16(12)17(20)19(13)14-8-4-3-5-9-14;1-5-2-7(9)6(3-8)4-10-5/h3-11H,2H2,1H3;2,4H,1H3,(H2,9,10). The van der Waals surface area contributed by atoms with Gasteiger partial charge in [-0.25, -0.2) is 0 Å². The van der Waals surface area contributed by atoms with Gasteiger partial charge in [0.25, 0.3) is 5.56 Å². The molecule has 2 heterocycles. The summed E-state index contributed by atoms with van der Waals surface area (Å²) >= 11 is 6.20. The molecule has 150 valence electrons. The fourth-order valence-electron chi connectivity index (χ4n) is 3.17. The van der Waals surface area contributed by atoms with Crippen molar-refractivity contribution in [2.24, 2.45) is 0 Å². The molecular weight excluding hydrogens is 396 g/mol. The maximum absolute atomic E-state index is 12.8. The number of hydrogen-bond donors (Lipinski definition) is 1. The Balaban J connectivity index is 0.000000216. The number of nitrogen functional groups attached to an aromatic ring is 1. The lowest BCUT2D eigenvalue weighted by molar-refractivity contribution is 0.889. The first-order valence-corrected chi connectivity index (χ1v) is 9.84. The fourth-order valence-corrected chi connectivity index (χ4v) is 3.43. The van der Waals surface area contributed by atoms with Crippen LogP contribution in [-0.4, -0.2) is 9.55 Å². The Labute approximate surface area is 180 Å². The first-order chi connectivity index (χ1) is 14.5. The highest BCUT2D eigenvalue weighted by Crippen LogP contribution is 2.22. The lowest BCUT2D eigenvalue weighted by atomic mass is 10.1. The van der Waals surface area contributed by atoms with Crippen LogP contribution in [0.2, 0.25) is 5.02 Å². The summed E-state index contributed by atoms with van der Waals surface area (Å²) in [5, 5.41) is 10.4. The Morgan fingerprint density at radius 2 is 1.87 bits per heavy atom. The summed E-state index contributed by atoms with van der Waals surface area (Å²) in [6.07, 6.45) is 2.26. The molecule has 0 unspecified atom stereocenters. The molecule has 2 aromatic heterocycles. The molecule has 30 heavy (non-hydrogen) atoms. The molecule has 2 aromatic carbocycles. The number of halogens is 1. The molecule has 0 saturated heterocycles. The van der Waals surface area contributed by atoms with Crippen molar-refractivity contribution in [3.8, 4) is 11.8 Å². The van der Waals surface area contributed by atoms with E-state index >= 15 is 0 Å². The van der Waals surface area contributed by atoms with Crippen molar-refractivity contribution in [3.63, 3.8) is 0 Å². The van der Waals surface area contributed by atoms with Gasteiger partial charge >= 0.3 is 0 Å². The second-order valence-electron chi connectivity index (χ2n) is 6.69. The summed E-state index contributed by atoms with van der Waals surface area (Å²) in [5.74, 6) is 0. The zero-order chi connectivity index (χ0) is 21.7. The minimum absolute atomic E-state index is 0.0591. The molecule has 0 aliphatic heterocycles. The molecule has 0 atom stereocenters. The van der Waals surface area contributed by atoms with Gasteiger partial charge in [-0.2, -0.15) is 5.26 Å². The van der Waals surface area contributed by atoms with Crippen LogP contribution in [0.3, 0.4) is 0 Å². The van der Waals surface area contributed by atoms with Crippen molar-refractivity contribution in [3.05, 3.63) is 99.2 Å². The molecule has 0 aliphatic rings. The van der Waals surface area contributed by atoms with Crippen LogP contribution in [0, 0.1) is 18.3 Å². The average molecular weight is 417 g/mol. The Bertz CT molecular complexity index is 1290. The van der Waals surface area contributed by atoms with Gasteiger partial charge in [-0.3, -0.25) is 14.3 Å². The number of nitrogens with zero attached hydrogens (tertiary/aromatic N) is 3. The van der Waals surface area contributed by atoms with Gasteiger partial charge < -0.3 is 5.73 Å². The van der Waals surface area contributed by atoms with Gasteiger partial charge in [0.15, 0.2) is 0 Å². The highest BCUT2D eigenvalue weighted by atomic mass is 35.5. The van der Waals surface area contributed by atoms with E-state index in [9.17, 15) is 4.79 Å². The number of nitriles is 1. The Kier molecular flexibility index (Phi) is 6.51. The van der Waals surface area contributed by atoms with Crippen LogP contribution in [-0.2, 0) is 6.42 Å². The minimum Gasteiger partial charge on any atom is -0.398 e. The van der Waals surface area contributed by atoms with Crippen LogP contribution in [0.1, 0.15) is 23.9 Å². The van der Waals surface area contributed by atoms with Crippen molar-refractivity contribution < 1.29 is 0 Å². The Morgan fingerprint density at radius 1 is 1.13 bits per heavy atom. The van der Waals surface area contributed by atoms with Crippen molar-refractivity contribution in [1.29, 1.82) is 5.26 Å². The van der Waals surface area contributed by atoms with Crippen molar-refractivity contribution >= 4 is 28.1 Å². The first-order valence-electron chi connectivity index (χ1n) is 9.47. The van der Waals surface area contributed by atoms with E-state index in [0.717, 1.165) is 28.9 Å². The number of aryl methyl sites for hydroxylation is 2. The number of aromatic nitrogens is 2. The zero-order valence-electron chi connectivity index (χ0n) is 16.8. The van der Waals surface area contributed by atoms with E-state index in [-0.39, 0.29) is 5.56 Å². The highest BCUT2D eigenvalue weighted by Gasteiger charge is 2.11. The second kappa shape index (κ2) is 9.25. The molecule has 4 aromatic rings. The molecule has 0 spiro atoms. The van der Waals surface area contributed by atoms with E-state index in [1.165, 1.54) is 6.20 Å². The van der Waals surface area contributed by atoms with Gasteiger partial charge in [0.05, 0.1) is 21.7 Å².